The first-order chi connectivity index (χ1) is 15.5. The highest BCUT2D eigenvalue weighted by atomic mass is 32.2. The molecule has 1 heterocycles. The SMILES string of the molecule is Cc1ccc(NC(=O)c2ccc(NC(C)c3ccccn3)c([N+](=O)[O-])c2)cc1NS(C)(=O)=O. The van der Waals surface area contributed by atoms with Crippen LogP contribution in [0.2, 0.25) is 0 Å². The lowest BCUT2D eigenvalue weighted by atomic mass is 10.1. The van der Waals surface area contributed by atoms with Gasteiger partial charge in [-0.3, -0.25) is 24.6 Å². The minimum atomic E-state index is -3.50. The van der Waals surface area contributed by atoms with Crippen molar-refractivity contribution in [3.8, 4) is 0 Å². The summed E-state index contributed by atoms with van der Waals surface area (Å²) >= 11 is 0. The molecule has 172 valence electrons. The Morgan fingerprint density at radius 3 is 2.48 bits per heavy atom. The van der Waals surface area contributed by atoms with Crippen LogP contribution in [0.25, 0.3) is 0 Å². The van der Waals surface area contributed by atoms with E-state index in [0.29, 0.717) is 22.6 Å². The number of hydrogen-bond donors (Lipinski definition) is 3. The summed E-state index contributed by atoms with van der Waals surface area (Å²) in [5.41, 5.74) is 2.13. The molecule has 1 aromatic heterocycles. The molecule has 3 rings (SSSR count). The number of nitrogens with one attached hydrogen (secondary N) is 3. The van der Waals surface area contributed by atoms with E-state index in [1.54, 1.807) is 37.4 Å². The molecule has 0 bridgehead atoms. The summed E-state index contributed by atoms with van der Waals surface area (Å²) < 4.78 is 25.5. The molecule has 0 saturated carbocycles. The summed E-state index contributed by atoms with van der Waals surface area (Å²) in [5, 5.41) is 17.3. The number of rotatable bonds is 8. The number of pyridine rings is 1. The normalized spacial score (nSPS) is 12.0. The van der Waals surface area contributed by atoms with Crippen LogP contribution in [0.1, 0.15) is 34.6 Å². The molecule has 10 nitrogen and oxygen atoms in total. The van der Waals surface area contributed by atoms with Crippen molar-refractivity contribution in [1.29, 1.82) is 0 Å². The van der Waals surface area contributed by atoms with Gasteiger partial charge in [-0.2, -0.15) is 0 Å². The Morgan fingerprint density at radius 1 is 1.09 bits per heavy atom. The molecule has 0 saturated heterocycles. The standard InChI is InChI=1S/C22H23N5O5S/c1-14-7-9-17(13-20(14)26-33(3,31)32)25-22(28)16-8-10-19(21(12-16)27(29)30)24-15(2)18-6-4-5-11-23-18/h4-13,15,24,26H,1-3H3,(H,25,28). The van der Waals surface area contributed by atoms with Crippen LogP contribution >= 0.6 is 0 Å². The maximum Gasteiger partial charge on any atom is 0.293 e. The van der Waals surface area contributed by atoms with Crippen LogP contribution in [-0.2, 0) is 10.0 Å². The van der Waals surface area contributed by atoms with Crippen molar-refractivity contribution in [3.05, 3.63) is 87.7 Å². The Labute approximate surface area is 191 Å². The lowest BCUT2D eigenvalue weighted by molar-refractivity contribution is -0.384. The molecule has 2 aromatic carbocycles. The quantitative estimate of drug-likeness (QED) is 0.333. The summed E-state index contributed by atoms with van der Waals surface area (Å²) in [6.45, 7) is 3.55. The number of nitro groups is 1. The molecule has 0 aliphatic rings. The molecule has 11 heteroatoms. The molecular weight excluding hydrogens is 446 g/mol. The number of hydrogen-bond acceptors (Lipinski definition) is 7. The van der Waals surface area contributed by atoms with E-state index in [0.717, 1.165) is 6.26 Å². The average molecular weight is 470 g/mol. The van der Waals surface area contributed by atoms with E-state index < -0.39 is 20.9 Å². The third-order valence-electron chi connectivity index (χ3n) is 4.75. The second-order valence-corrected chi connectivity index (χ2v) is 9.22. The molecule has 1 amide bonds. The van der Waals surface area contributed by atoms with Gasteiger partial charge in [0.25, 0.3) is 11.6 Å². The van der Waals surface area contributed by atoms with E-state index in [1.165, 1.54) is 24.3 Å². The zero-order chi connectivity index (χ0) is 24.2. The Balaban J connectivity index is 1.82. The lowest BCUT2D eigenvalue weighted by Gasteiger charge is -2.15. The third-order valence-corrected chi connectivity index (χ3v) is 5.34. The minimum Gasteiger partial charge on any atom is -0.371 e. The maximum absolute atomic E-state index is 12.7. The van der Waals surface area contributed by atoms with Gasteiger partial charge in [-0.25, -0.2) is 8.42 Å². The first-order valence-corrected chi connectivity index (χ1v) is 11.8. The van der Waals surface area contributed by atoms with Crippen LogP contribution in [-0.4, -0.2) is 30.5 Å². The summed E-state index contributed by atoms with van der Waals surface area (Å²) in [6.07, 6.45) is 2.67. The first kappa shape index (κ1) is 23.7. The molecule has 1 atom stereocenters. The molecule has 3 N–H and O–H groups in total. The van der Waals surface area contributed by atoms with Gasteiger partial charge in [-0.1, -0.05) is 12.1 Å². The number of amides is 1. The van der Waals surface area contributed by atoms with Crippen molar-refractivity contribution < 1.29 is 18.1 Å². The average Bonchev–Trinajstić information content (AvgIpc) is 2.75. The van der Waals surface area contributed by atoms with Gasteiger partial charge in [0.15, 0.2) is 0 Å². The highest BCUT2D eigenvalue weighted by Gasteiger charge is 2.20. The van der Waals surface area contributed by atoms with E-state index in [1.807, 2.05) is 13.0 Å². The number of nitrogens with zero attached hydrogens (tertiary/aromatic N) is 2. The van der Waals surface area contributed by atoms with Gasteiger partial charge in [-0.05, 0) is 55.8 Å². The van der Waals surface area contributed by atoms with Gasteiger partial charge in [0.05, 0.1) is 28.6 Å². The van der Waals surface area contributed by atoms with Crippen molar-refractivity contribution >= 4 is 38.7 Å². The Morgan fingerprint density at radius 2 is 1.85 bits per heavy atom. The van der Waals surface area contributed by atoms with Crippen LogP contribution in [0.4, 0.5) is 22.7 Å². The zero-order valence-electron chi connectivity index (χ0n) is 18.2. The number of carbonyl (C=O) groups is 1. The molecule has 0 aliphatic heterocycles. The van der Waals surface area contributed by atoms with Gasteiger partial charge < -0.3 is 10.6 Å². The minimum absolute atomic E-state index is 0.0796. The fourth-order valence-electron chi connectivity index (χ4n) is 3.10. The highest BCUT2D eigenvalue weighted by molar-refractivity contribution is 7.92. The number of anilines is 3. The van der Waals surface area contributed by atoms with Crippen LogP contribution in [0.5, 0.6) is 0 Å². The smallest absolute Gasteiger partial charge is 0.293 e. The van der Waals surface area contributed by atoms with Crippen LogP contribution < -0.4 is 15.4 Å². The zero-order valence-corrected chi connectivity index (χ0v) is 19.0. The Kier molecular flexibility index (Phi) is 6.92. The van der Waals surface area contributed by atoms with Gasteiger partial charge in [0.1, 0.15) is 5.69 Å². The summed E-state index contributed by atoms with van der Waals surface area (Å²) in [7, 11) is -3.50. The van der Waals surface area contributed by atoms with Crippen LogP contribution in [0, 0.1) is 17.0 Å². The van der Waals surface area contributed by atoms with E-state index in [4.69, 9.17) is 0 Å². The fraction of sp³-hybridized carbons (Fsp3) is 0.182. The monoisotopic (exact) mass is 469 g/mol. The largest absolute Gasteiger partial charge is 0.371 e. The van der Waals surface area contributed by atoms with Crippen LogP contribution in [0.3, 0.4) is 0 Å². The highest BCUT2D eigenvalue weighted by Crippen LogP contribution is 2.29. The van der Waals surface area contributed by atoms with E-state index in [9.17, 15) is 23.3 Å². The molecule has 1 unspecified atom stereocenters. The molecule has 3 aromatic rings. The molecular formula is C22H23N5O5S. The predicted molar refractivity (Wildman–Crippen MR) is 127 cm³/mol. The Bertz CT molecular complexity index is 1300. The number of aryl methyl sites for hydroxylation is 1. The molecule has 0 spiro atoms. The summed E-state index contributed by atoms with van der Waals surface area (Å²) in [5.74, 6) is -0.573. The number of carbonyl (C=O) groups excluding carboxylic acids is 1. The van der Waals surface area contributed by atoms with Gasteiger partial charge in [0, 0.05) is 23.5 Å². The van der Waals surface area contributed by atoms with Gasteiger partial charge in [-0.15, -0.1) is 0 Å². The number of nitro benzene ring substituents is 1. The summed E-state index contributed by atoms with van der Waals surface area (Å²) in [6, 6.07) is 14.0. The van der Waals surface area contributed by atoms with Crippen molar-refractivity contribution in [3.63, 3.8) is 0 Å². The topological polar surface area (TPSA) is 143 Å². The van der Waals surface area contributed by atoms with Gasteiger partial charge >= 0.3 is 0 Å². The molecule has 0 radical (unpaired) electrons. The molecule has 0 fully saturated rings. The van der Waals surface area contributed by atoms with E-state index in [-0.39, 0.29) is 23.0 Å². The third kappa shape index (κ3) is 6.26. The second-order valence-electron chi connectivity index (χ2n) is 7.47. The fourth-order valence-corrected chi connectivity index (χ4v) is 3.72. The van der Waals surface area contributed by atoms with E-state index >= 15 is 0 Å². The van der Waals surface area contributed by atoms with Crippen molar-refractivity contribution in [1.82, 2.24) is 4.98 Å². The summed E-state index contributed by atoms with van der Waals surface area (Å²) in [4.78, 5) is 28.0. The second kappa shape index (κ2) is 9.65. The molecule has 33 heavy (non-hydrogen) atoms. The van der Waals surface area contributed by atoms with Crippen molar-refractivity contribution in [2.75, 3.05) is 21.6 Å². The predicted octanol–water partition coefficient (Wildman–Crippen LogP) is 4.10. The van der Waals surface area contributed by atoms with E-state index in [2.05, 4.69) is 20.3 Å². The Hall–Kier alpha value is -3.99. The maximum atomic E-state index is 12.7. The lowest BCUT2D eigenvalue weighted by Crippen LogP contribution is -2.15. The van der Waals surface area contributed by atoms with Crippen molar-refractivity contribution in [2.45, 2.75) is 19.9 Å². The number of sulfonamides is 1. The number of benzene rings is 2. The molecule has 0 aliphatic carbocycles. The first-order valence-electron chi connectivity index (χ1n) is 9.89. The number of aromatic nitrogens is 1. The van der Waals surface area contributed by atoms with Crippen LogP contribution in [0.15, 0.2) is 60.8 Å². The van der Waals surface area contributed by atoms with Gasteiger partial charge in [0.2, 0.25) is 10.0 Å². The van der Waals surface area contributed by atoms with Crippen molar-refractivity contribution in [2.24, 2.45) is 0 Å².